The lowest BCUT2D eigenvalue weighted by atomic mass is 9.93. The van der Waals surface area contributed by atoms with Gasteiger partial charge in [-0.05, 0) is 26.4 Å². The molecule has 0 aliphatic heterocycles. The van der Waals surface area contributed by atoms with Gasteiger partial charge in [-0.1, -0.05) is 20.8 Å². The van der Waals surface area contributed by atoms with Crippen LogP contribution >= 0.6 is 0 Å². The summed E-state index contributed by atoms with van der Waals surface area (Å²) in [7, 11) is 4.19. The molecule has 0 saturated carbocycles. The first kappa shape index (κ1) is 19.4. The maximum Gasteiger partial charge on any atom is 0.191 e. The van der Waals surface area contributed by atoms with Gasteiger partial charge in [0.2, 0.25) is 0 Å². The summed E-state index contributed by atoms with van der Waals surface area (Å²) in [6, 6.07) is 0. The fourth-order valence-electron chi connectivity index (χ4n) is 2.58. The quantitative estimate of drug-likeness (QED) is 0.524. The number of hydrogen-bond acceptors (Lipinski definition) is 4. The summed E-state index contributed by atoms with van der Waals surface area (Å²) in [6.45, 7) is 12.9. The van der Waals surface area contributed by atoms with Gasteiger partial charge in [0.1, 0.15) is 12.2 Å². The zero-order chi connectivity index (χ0) is 17.3. The average molecular weight is 323 g/mol. The summed E-state index contributed by atoms with van der Waals surface area (Å²) in [5.41, 5.74) is 0.148. The predicted octanol–water partition coefficient (Wildman–Crippen LogP) is 0.983. The van der Waals surface area contributed by atoms with Crippen molar-refractivity contribution in [3.8, 4) is 0 Å². The topological polar surface area (TPSA) is 70.4 Å². The molecule has 0 aliphatic carbocycles. The zero-order valence-corrected chi connectivity index (χ0v) is 15.6. The maximum atomic E-state index is 4.73. The molecule has 0 radical (unpaired) electrons. The second-order valence-electron chi connectivity index (χ2n) is 6.82. The van der Waals surface area contributed by atoms with Gasteiger partial charge in [-0.2, -0.15) is 0 Å². The highest BCUT2D eigenvalue weighted by Gasteiger charge is 2.18. The van der Waals surface area contributed by atoms with Gasteiger partial charge in [-0.3, -0.25) is 4.99 Å². The summed E-state index contributed by atoms with van der Waals surface area (Å²) >= 11 is 0. The standard InChI is InChI=1S/C16H33N7/c1-7-14-21-20-13-23(14)10-9-18-15(17-8-2)19-11-16(3,4)12-22(5)6/h13H,7-12H2,1-6H3,(H2,17,18,19). The van der Waals surface area contributed by atoms with Crippen LogP contribution in [0.15, 0.2) is 11.3 Å². The number of aromatic nitrogens is 3. The van der Waals surface area contributed by atoms with Crippen molar-refractivity contribution in [3.05, 3.63) is 12.2 Å². The highest BCUT2D eigenvalue weighted by atomic mass is 15.3. The van der Waals surface area contributed by atoms with Gasteiger partial charge in [0.25, 0.3) is 0 Å². The highest BCUT2D eigenvalue weighted by Crippen LogP contribution is 2.15. The van der Waals surface area contributed by atoms with E-state index in [9.17, 15) is 0 Å². The van der Waals surface area contributed by atoms with Crippen LogP contribution in [0.5, 0.6) is 0 Å². The van der Waals surface area contributed by atoms with Gasteiger partial charge in [-0.25, -0.2) is 0 Å². The lowest BCUT2D eigenvalue weighted by Gasteiger charge is -2.26. The molecule has 132 valence electrons. The van der Waals surface area contributed by atoms with Crippen molar-refractivity contribution in [2.45, 2.75) is 40.7 Å². The highest BCUT2D eigenvalue weighted by molar-refractivity contribution is 5.79. The van der Waals surface area contributed by atoms with E-state index in [1.807, 2.05) is 0 Å². The molecule has 0 saturated heterocycles. The predicted molar refractivity (Wildman–Crippen MR) is 95.7 cm³/mol. The van der Waals surface area contributed by atoms with E-state index >= 15 is 0 Å². The summed E-state index contributed by atoms with van der Waals surface area (Å²) in [5.74, 6) is 1.88. The number of hydrogen-bond donors (Lipinski definition) is 2. The van der Waals surface area contributed by atoms with Gasteiger partial charge < -0.3 is 20.1 Å². The minimum absolute atomic E-state index is 0.148. The molecule has 23 heavy (non-hydrogen) atoms. The van der Waals surface area contributed by atoms with E-state index in [0.29, 0.717) is 0 Å². The van der Waals surface area contributed by atoms with E-state index in [1.54, 1.807) is 6.33 Å². The lowest BCUT2D eigenvalue weighted by Crippen LogP contribution is -2.40. The van der Waals surface area contributed by atoms with Crippen LogP contribution in [-0.2, 0) is 13.0 Å². The average Bonchev–Trinajstić information content (AvgIpc) is 2.91. The van der Waals surface area contributed by atoms with Gasteiger partial charge in [0.15, 0.2) is 5.96 Å². The van der Waals surface area contributed by atoms with Gasteiger partial charge >= 0.3 is 0 Å². The Labute approximate surface area is 140 Å². The molecule has 7 nitrogen and oxygen atoms in total. The normalized spacial score (nSPS) is 12.7. The summed E-state index contributed by atoms with van der Waals surface area (Å²) < 4.78 is 2.08. The molecule has 1 aromatic rings. The van der Waals surface area contributed by atoms with Crippen molar-refractivity contribution in [2.24, 2.45) is 10.4 Å². The Hall–Kier alpha value is -1.63. The molecule has 0 unspecified atom stereocenters. The number of nitrogens with one attached hydrogen (secondary N) is 2. The molecule has 0 spiro atoms. The van der Waals surface area contributed by atoms with Crippen LogP contribution in [0.3, 0.4) is 0 Å². The van der Waals surface area contributed by atoms with Gasteiger partial charge in [0, 0.05) is 39.1 Å². The number of guanidine groups is 1. The van der Waals surface area contributed by atoms with Crippen LogP contribution in [0.25, 0.3) is 0 Å². The molecule has 2 N–H and O–H groups in total. The van der Waals surface area contributed by atoms with Crippen molar-refractivity contribution in [3.63, 3.8) is 0 Å². The minimum atomic E-state index is 0.148. The van der Waals surface area contributed by atoms with Crippen molar-refractivity contribution in [1.29, 1.82) is 0 Å². The Kier molecular flexibility index (Phi) is 8.02. The third-order valence-corrected chi connectivity index (χ3v) is 3.41. The SMILES string of the molecule is CCNC(=NCC(C)(C)CN(C)C)NCCn1cnnc1CC. The first-order valence-electron chi connectivity index (χ1n) is 8.41. The Morgan fingerprint density at radius 1 is 1.30 bits per heavy atom. The number of nitrogens with zero attached hydrogens (tertiary/aromatic N) is 5. The minimum Gasteiger partial charge on any atom is -0.357 e. The Bertz CT molecular complexity index is 477. The summed E-state index contributed by atoms with van der Waals surface area (Å²) in [5, 5.41) is 14.7. The van der Waals surface area contributed by atoms with E-state index in [4.69, 9.17) is 4.99 Å². The summed E-state index contributed by atoms with van der Waals surface area (Å²) in [4.78, 5) is 6.93. The van der Waals surface area contributed by atoms with Crippen LogP contribution in [0.2, 0.25) is 0 Å². The molecule has 1 heterocycles. The van der Waals surface area contributed by atoms with Crippen LogP contribution in [0.4, 0.5) is 0 Å². The molecule has 0 bridgehead atoms. The third-order valence-electron chi connectivity index (χ3n) is 3.41. The molecule has 0 aromatic carbocycles. The monoisotopic (exact) mass is 323 g/mol. The molecule has 0 atom stereocenters. The fraction of sp³-hybridized carbons (Fsp3) is 0.812. The molecular weight excluding hydrogens is 290 g/mol. The largest absolute Gasteiger partial charge is 0.357 e. The van der Waals surface area contributed by atoms with E-state index in [2.05, 4.69) is 72.1 Å². The van der Waals surface area contributed by atoms with Crippen molar-refractivity contribution in [1.82, 2.24) is 30.3 Å². The van der Waals surface area contributed by atoms with Crippen LogP contribution in [0.1, 0.15) is 33.5 Å². The Morgan fingerprint density at radius 2 is 2.04 bits per heavy atom. The molecule has 1 rings (SSSR count). The van der Waals surface area contributed by atoms with E-state index in [-0.39, 0.29) is 5.41 Å². The number of aryl methyl sites for hydroxylation is 1. The smallest absolute Gasteiger partial charge is 0.191 e. The number of rotatable bonds is 9. The maximum absolute atomic E-state index is 4.73. The molecule has 0 fully saturated rings. The van der Waals surface area contributed by atoms with Gasteiger partial charge in [-0.15, -0.1) is 10.2 Å². The van der Waals surface area contributed by atoms with Crippen LogP contribution < -0.4 is 10.6 Å². The van der Waals surface area contributed by atoms with Crippen LogP contribution in [-0.4, -0.2) is 65.9 Å². The zero-order valence-electron chi connectivity index (χ0n) is 15.6. The molecule has 0 amide bonds. The van der Waals surface area contributed by atoms with E-state index < -0.39 is 0 Å². The molecule has 7 heteroatoms. The van der Waals surface area contributed by atoms with Crippen molar-refractivity contribution < 1.29 is 0 Å². The van der Waals surface area contributed by atoms with Gasteiger partial charge in [0.05, 0.1) is 0 Å². The van der Waals surface area contributed by atoms with E-state index in [1.165, 1.54) is 0 Å². The van der Waals surface area contributed by atoms with E-state index in [0.717, 1.165) is 50.9 Å². The first-order valence-corrected chi connectivity index (χ1v) is 8.41. The first-order chi connectivity index (χ1) is 10.9. The third kappa shape index (κ3) is 7.45. The second kappa shape index (κ2) is 9.50. The van der Waals surface area contributed by atoms with Crippen LogP contribution in [0, 0.1) is 5.41 Å². The van der Waals surface area contributed by atoms with Crippen molar-refractivity contribution >= 4 is 5.96 Å². The molecule has 0 aliphatic rings. The molecular formula is C16H33N7. The Balaban J connectivity index is 2.52. The Morgan fingerprint density at radius 3 is 2.65 bits per heavy atom. The second-order valence-corrected chi connectivity index (χ2v) is 6.82. The lowest BCUT2D eigenvalue weighted by molar-refractivity contribution is 0.248. The number of aliphatic imine (C=N–C) groups is 1. The summed E-state index contributed by atoms with van der Waals surface area (Å²) in [6.07, 6.45) is 2.68. The fourth-order valence-corrected chi connectivity index (χ4v) is 2.58. The molecule has 1 aromatic heterocycles. The van der Waals surface area contributed by atoms with Crippen molar-refractivity contribution in [2.75, 3.05) is 40.3 Å².